The second kappa shape index (κ2) is 9.08. The van der Waals surface area contributed by atoms with Gasteiger partial charge in [-0.2, -0.15) is 0 Å². The fourth-order valence-corrected chi connectivity index (χ4v) is 3.06. The second-order valence-electron chi connectivity index (χ2n) is 6.49. The fraction of sp³-hybridized carbons (Fsp3) is 0.273. The topological polar surface area (TPSA) is 80.4 Å². The normalized spacial score (nSPS) is 11.8. The van der Waals surface area contributed by atoms with E-state index in [0.29, 0.717) is 12.2 Å². The van der Waals surface area contributed by atoms with E-state index in [-0.39, 0.29) is 12.5 Å². The number of nitrogens with one attached hydrogen (secondary N) is 2. The van der Waals surface area contributed by atoms with Gasteiger partial charge in [-0.05, 0) is 35.7 Å². The number of rotatable bonds is 8. The number of carbonyl (C=O) groups excluding carboxylic acids is 2. The number of carbonyl (C=O) groups is 2. The molecule has 3 aromatic rings. The zero-order valence-corrected chi connectivity index (χ0v) is 16.0. The Morgan fingerprint density at radius 3 is 2.57 bits per heavy atom. The number of ether oxygens (including phenoxy) is 2. The Kier molecular flexibility index (Phi) is 6.32. The molecule has 0 radical (unpaired) electrons. The van der Waals surface area contributed by atoms with Crippen LogP contribution in [0.2, 0.25) is 0 Å². The molecule has 146 valence electrons. The minimum absolute atomic E-state index is 0.174. The number of H-pyrrole nitrogens is 1. The van der Waals surface area contributed by atoms with Crippen LogP contribution in [0.1, 0.15) is 18.1 Å². The number of fused-ring (bicyclic) bond motifs is 1. The summed E-state index contributed by atoms with van der Waals surface area (Å²) < 4.78 is 10.4. The summed E-state index contributed by atoms with van der Waals surface area (Å²) in [4.78, 5) is 27.6. The van der Waals surface area contributed by atoms with Gasteiger partial charge in [0.15, 0.2) is 6.61 Å². The molecule has 6 heteroatoms. The van der Waals surface area contributed by atoms with E-state index in [9.17, 15) is 9.59 Å². The fourth-order valence-electron chi connectivity index (χ4n) is 3.06. The number of aromatic nitrogens is 1. The molecule has 1 atom stereocenters. The number of amides is 1. The molecule has 0 saturated heterocycles. The number of benzene rings is 2. The van der Waals surface area contributed by atoms with Crippen molar-refractivity contribution < 1.29 is 19.1 Å². The maximum Gasteiger partial charge on any atom is 0.328 e. The van der Waals surface area contributed by atoms with Gasteiger partial charge >= 0.3 is 5.97 Å². The number of methoxy groups -OCH3 is 1. The van der Waals surface area contributed by atoms with E-state index in [1.807, 2.05) is 54.7 Å². The Balaban J connectivity index is 1.63. The standard InChI is InChI=1S/C22H24N2O4/c1-3-15-8-10-17(11-9-15)28-14-21(25)24-20(22(26)27-2)12-16-13-23-19-7-5-4-6-18(16)19/h4-11,13,20,23H,3,12,14H2,1-2H3,(H,24,25). The molecule has 1 unspecified atom stereocenters. The molecule has 0 aliphatic carbocycles. The zero-order chi connectivity index (χ0) is 19.9. The van der Waals surface area contributed by atoms with Gasteiger partial charge in [0.1, 0.15) is 11.8 Å². The van der Waals surface area contributed by atoms with E-state index >= 15 is 0 Å². The first-order valence-electron chi connectivity index (χ1n) is 9.24. The molecule has 0 aliphatic rings. The van der Waals surface area contributed by atoms with Crippen LogP contribution in [0.15, 0.2) is 54.7 Å². The summed E-state index contributed by atoms with van der Waals surface area (Å²) in [6.07, 6.45) is 3.11. The lowest BCUT2D eigenvalue weighted by atomic mass is 10.0. The molecule has 2 aromatic carbocycles. The van der Waals surface area contributed by atoms with Crippen LogP contribution in [0.3, 0.4) is 0 Å². The molecule has 1 aromatic heterocycles. The molecule has 3 rings (SSSR count). The van der Waals surface area contributed by atoms with Crippen molar-refractivity contribution >= 4 is 22.8 Å². The van der Waals surface area contributed by atoms with Crippen LogP contribution in [0.5, 0.6) is 5.75 Å². The van der Waals surface area contributed by atoms with E-state index < -0.39 is 12.0 Å². The Labute approximate surface area is 163 Å². The molecule has 28 heavy (non-hydrogen) atoms. The van der Waals surface area contributed by atoms with Gasteiger partial charge in [0, 0.05) is 23.5 Å². The Hall–Kier alpha value is -3.28. The van der Waals surface area contributed by atoms with Crippen LogP contribution in [-0.2, 0) is 27.2 Å². The third kappa shape index (κ3) is 4.71. The SMILES string of the molecule is CCc1ccc(OCC(=O)NC(Cc2c[nH]c3ccccc23)C(=O)OC)cc1. The van der Waals surface area contributed by atoms with E-state index in [2.05, 4.69) is 17.2 Å². The van der Waals surface area contributed by atoms with Crippen LogP contribution >= 0.6 is 0 Å². The lowest BCUT2D eigenvalue weighted by Gasteiger charge is -2.16. The third-order valence-electron chi connectivity index (χ3n) is 4.62. The summed E-state index contributed by atoms with van der Waals surface area (Å²) in [5, 5.41) is 3.72. The highest BCUT2D eigenvalue weighted by Gasteiger charge is 2.23. The van der Waals surface area contributed by atoms with Crippen molar-refractivity contribution in [1.82, 2.24) is 10.3 Å². The summed E-state index contributed by atoms with van der Waals surface area (Å²) >= 11 is 0. The Morgan fingerprint density at radius 2 is 1.86 bits per heavy atom. The van der Waals surface area contributed by atoms with Crippen molar-refractivity contribution in [3.05, 3.63) is 65.9 Å². The first-order chi connectivity index (χ1) is 13.6. The van der Waals surface area contributed by atoms with Crippen LogP contribution < -0.4 is 10.1 Å². The second-order valence-corrected chi connectivity index (χ2v) is 6.49. The summed E-state index contributed by atoms with van der Waals surface area (Å²) in [6.45, 7) is 1.90. The highest BCUT2D eigenvalue weighted by atomic mass is 16.5. The number of para-hydroxylation sites is 1. The highest BCUT2D eigenvalue weighted by Crippen LogP contribution is 2.19. The van der Waals surface area contributed by atoms with Gasteiger partial charge < -0.3 is 19.8 Å². The monoisotopic (exact) mass is 380 g/mol. The molecule has 6 nitrogen and oxygen atoms in total. The van der Waals surface area contributed by atoms with Crippen molar-refractivity contribution in [3.63, 3.8) is 0 Å². The predicted octanol–water partition coefficient (Wildman–Crippen LogP) is 3.01. The quantitative estimate of drug-likeness (QED) is 0.589. The first-order valence-corrected chi connectivity index (χ1v) is 9.24. The minimum atomic E-state index is -0.789. The lowest BCUT2D eigenvalue weighted by molar-refractivity contribution is -0.145. The molecule has 0 saturated carbocycles. The van der Waals surface area contributed by atoms with E-state index in [1.165, 1.54) is 12.7 Å². The summed E-state index contributed by atoms with van der Waals surface area (Å²) in [6, 6.07) is 14.6. The molecular weight excluding hydrogens is 356 g/mol. The number of hydrogen-bond acceptors (Lipinski definition) is 4. The summed E-state index contributed by atoms with van der Waals surface area (Å²) in [5.41, 5.74) is 3.11. The number of esters is 1. The number of aromatic amines is 1. The van der Waals surface area contributed by atoms with Crippen LogP contribution in [0.25, 0.3) is 10.9 Å². The minimum Gasteiger partial charge on any atom is -0.484 e. The average Bonchev–Trinajstić information content (AvgIpc) is 3.14. The van der Waals surface area contributed by atoms with E-state index in [4.69, 9.17) is 9.47 Å². The molecule has 1 amide bonds. The Bertz CT molecular complexity index is 947. The third-order valence-corrected chi connectivity index (χ3v) is 4.62. The van der Waals surface area contributed by atoms with Gasteiger partial charge in [0.05, 0.1) is 7.11 Å². The van der Waals surface area contributed by atoms with E-state index in [0.717, 1.165) is 22.9 Å². The zero-order valence-electron chi connectivity index (χ0n) is 16.0. The van der Waals surface area contributed by atoms with Gasteiger partial charge in [-0.25, -0.2) is 4.79 Å². The molecule has 0 bridgehead atoms. The van der Waals surface area contributed by atoms with E-state index in [1.54, 1.807) is 0 Å². The summed E-state index contributed by atoms with van der Waals surface area (Å²) in [5.74, 6) is -0.265. The van der Waals surface area contributed by atoms with Crippen molar-refractivity contribution in [3.8, 4) is 5.75 Å². The van der Waals surface area contributed by atoms with Crippen LogP contribution in [0.4, 0.5) is 0 Å². The largest absolute Gasteiger partial charge is 0.484 e. The number of hydrogen-bond donors (Lipinski definition) is 2. The van der Waals surface area contributed by atoms with Gasteiger partial charge in [-0.1, -0.05) is 37.3 Å². The smallest absolute Gasteiger partial charge is 0.328 e. The summed E-state index contributed by atoms with van der Waals surface area (Å²) in [7, 11) is 1.31. The highest BCUT2D eigenvalue weighted by molar-refractivity contribution is 5.87. The van der Waals surface area contributed by atoms with Crippen molar-refractivity contribution in [1.29, 1.82) is 0 Å². The molecular formula is C22H24N2O4. The maximum absolute atomic E-state index is 12.3. The van der Waals surface area contributed by atoms with Gasteiger partial charge in [0.25, 0.3) is 5.91 Å². The average molecular weight is 380 g/mol. The van der Waals surface area contributed by atoms with Gasteiger partial charge in [-0.15, -0.1) is 0 Å². The van der Waals surface area contributed by atoms with Crippen molar-refractivity contribution in [2.75, 3.05) is 13.7 Å². The van der Waals surface area contributed by atoms with Crippen molar-refractivity contribution in [2.24, 2.45) is 0 Å². The molecule has 1 heterocycles. The lowest BCUT2D eigenvalue weighted by Crippen LogP contribution is -2.44. The molecule has 0 aliphatic heterocycles. The van der Waals surface area contributed by atoms with Gasteiger partial charge in [0.2, 0.25) is 0 Å². The molecule has 0 spiro atoms. The van der Waals surface area contributed by atoms with Gasteiger partial charge in [-0.3, -0.25) is 4.79 Å². The van der Waals surface area contributed by atoms with Crippen molar-refractivity contribution in [2.45, 2.75) is 25.8 Å². The molecule has 0 fully saturated rings. The van der Waals surface area contributed by atoms with Crippen LogP contribution in [-0.4, -0.2) is 36.6 Å². The number of aryl methyl sites for hydroxylation is 1. The Morgan fingerprint density at radius 1 is 1.11 bits per heavy atom. The van der Waals surface area contributed by atoms with Crippen LogP contribution in [0, 0.1) is 0 Å². The molecule has 2 N–H and O–H groups in total. The first kappa shape index (κ1) is 19.5. The maximum atomic E-state index is 12.3. The predicted molar refractivity (Wildman–Crippen MR) is 107 cm³/mol.